The van der Waals surface area contributed by atoms with E-state index in [0.717, 1.165) is 12.8 Å². The van der Waals surface area contributed by atoms with Gasteiger partial charge in [-0.3, -0.25) is 4.79 Å². The highest BCUT2D eigenvalue weighted by molar-refractivity contribution is 6.20. The molecule has 1 unspecified atom stereocenters. The van der Waals surface area contributed by atoms with Crippen molar-refractivity contribution in [1.82, 2.24) is 0 Å². The van der Waals surface area contributed by atoms with Gasteiger partial charge >= 0.3 is 5.97 Å². The second-order valence-electron chi connectivity index (χ2n) is 5.33. The first-order valence-corrected chi connectivity index (χ1v) is 8.35. The average molecular weight is 291 g/mol. The highest BCUT2D eigenvalue weighted by atomic mass is 35.5. The van der Waals surface area contributed by atoms with Gasteiger partial charge in [0, 0.05) is 11.8 Å². The van der Waals surface area contributed by atoms with Crippen LogP contribution in [0.5, 0.6) is 0 Å². The largest absolute Gasteiger partial charge is 0.469 e. The molecule has 0 spiro atoms. The number of alkyl halides is 1. The minimum Gasteiger partial charge on any atom is -0.469 e. The van der Waals surface area contributed by atoms with E-state index in [1.807, 2.05) is 0 Å². The number of hydrogen-bond donors (Lipinski definition) is 0. The summed E-state index contributed by atoms with van der Waals surface area (Å²) in [7, 11) is 1.42. The van der Waals surface area contributed by atoms with E-state index >= 15 is 0 Å². The second-order valence-corrected chi connectivity index (χ2v) is 5.95. The highest BCUT2D eigenvalue weighted by Gasteiger charge is 2.08. The van der Waals surface area contributed by atoms with Crippen LogP contribution in [-0.4, -0.2) is 18.5 Å². The third-order valence-electron chi connectivity index (χ3n) is 3.51. The first-order chi connectivity index (χ1) is 9.20. The van der Waals surface area contributed by atoms with Crippen molar-refractivity contribution >= 4 is 17.6 Å². The number of methoxy groups -OCH3 is 1. The normalized spacial score (nSPS) is 12.4. The number of carbonyl (C=O) groups is 1. The molecule has 0 rings (SSSR count). The van der Waals surface area contributed by atoms with E-state index in [9.17, 15) is 4.79 Å². The Bertz CT molecular complexity index is 207. The monoisotopic (exact) mass is 290 g/mol. The van der Waals surface area contributed by atoms with Crippen molar-refractivity contribution in [2.24, 2.45) is 0 Å². The molecule has 2 nitrogen and oxygen atoms in total. The molecule has 0 aliphatic heterocycles. The van der Waals surface area contributed by atoms with Crippen LogP contribution in [-0.2, 0) is 9.53 Å². The van der Waals surface area contributed by atoms with E-state index in [0.29, 0.717) is 6.42 Å². The third-order valence-corrected chi connectivity index (χ3v) is 3.95. The van der Waals surface area contributed by atoms with Gasteiger partial charge in [-0.1, -0.05) is 64.7 Å². The summed E-state index contributed by atoms with van der Waals surface area (Å²) in [6.45, 7) is 2.25. The molecule has 0 aliphatic carbocycles. The molecular formula is C16H31ClO2. The fourth-order valence-electron chi connectivity index (χ4n) is 2.20. The van der Waals surface area contributed by atoms with E-state index in [2.05, 4.69) is 11.7 Å². The first-order valence-electron chi connectivity index (χ1n) is 7.91. The Labute approximate surface area is 124 Å². The molecule has 0 heterocycles. The molecule has 0 fully saturated rings. The van der Waals surface area contributed by atoms with Crippen LogP contribution >= 0.6 is 11.6 Å². The SMILES string of the molecule is CCCCCCCCCCCC(Cl)CCC(=O)OC. The van der Waals surface area contributed by atoms with E-state index in [-0.39, 0.29) is 11.3 Å². The first kappa shape index (κ1) is 18.8. The van der Waals surface area contributed by atoms with E-state index in [4.69, 9.17) is 11.6 Å². The number of hydrogen-bond acceptors (Lipinski definition) is 2. The summed E-state index contributed by atoms with van der Waals surface area (Å²) in [6.07, 6.45) is 14.2. The summed E-state index contributed by atoms with van der Waals surface area (Å²) in [5.41, 5.74) is 0. The average Bonchev–Trinajstić information content (AvgIpc) is 2.42. The molecule has 0 amide bonds. The number of carbonyl (C=O) groups excluding carboxylic acids is 1. The number of ether oxygens (including phenoxy) is 1. The van der Waals surface area contributed by atoms with Gasteiger partial charge in [-0.2, -0.15) is 0 Å². The van der Waals surface area contributed by atoms with E-state index in [1.165, 1.54) is 64.9 Å². The molecule has 19 heavy (non-hydrogen) atoms. The van der Waals surface area contributed by atoms with Crippen molar-refractivity contribution in [2.75, 3.05) is 7.11 Å². The zero-order valence-electron chi connectivity index (χ0n) is 12.8. The van der Waals surface area contributed by atoms with Crippen molar-refractivity contribution in [2.45, 2.75) is 89.4 Å². The molecular weight excluding hydrogens is 260 g/mol. The Hall–Kier alpha value is -0.240. The molecule has 0 saturated carbocycles. The lowest BCUT2D eigenvalue weighted by Gasteiger charge is -2.08. The summed E-state index contributed by atoms with van der Waals surface area (Å²) in [5, 5.41) is 0.128. The number of esters is 1. The van der Waals surface area contributed by atoms with Crippen molar-refractivity contribution in [1.29, 1.82) is 0 Å². The number of rotatable bonds is 13. The summed E-state index contributed by atoms with van der Waals surface area (Å²) in [4.78, 5) is 11.0. The molecule has 114 valence electrons. The van der Waals surface area contributed by atoms with E-state index < -0.39 is 0 Å². The molecule has 0 aliphatic rings. The standard InChI is InChI=1S/C16H31ClO2/c1-3-4-5-6-7-8-9-10-11-12-15(17)13-14-16(18)19-2/h15H,3-14H2,1-2H3. The van der Waals surface area contributed by atoms with Gasteiger partial charge in [0.1, 0.15) is 0 Å². The maximum atomic E-state index is 11.0. The summed E-state index contributed by atoms with van der Waals surface area (Å²) < 4.78 is 4.60. The van der Waals surface area contributed by atoms with Gasteiger partial charge < -0.3 is 4.74 Å². The topological polar surface area (TPSA) is 26.3 Å². The highest BCUT2D eigenvalue weighted by Crippen LogP contribution is 2.16. The zero-order valence-corrected chi connectivity index (χ0v) is 13.5. The van der Waals surface area contributed by atoms with Crippen molar-refractivity contribution in [3.63, 3.8) is 0 Å². The molecule has 0 aromatic carbocycles. The lowest BCUT2D eigenvalue weighted by molar-refractivity contribution is -0.140. The molecule has 0 N–H and O–H groups in total. The van der Waals surface area contributed by atoms with Crippen LogP contribution in [0.15, 0.2) is 0 Å². The molecule has 0 bridgehead atoms. The Morgan fingerprint density at radius 1 is 0.947 bits per heavy atom. The molecule has 0 aromatic rings. The van der Waals surface area contributed by atoms with Crippen LogP contribution in [0, 0.1) is 0 Å². The minimum absolute atomic E-state index is 0.128. The maximum absolute atomic E-state index is 11.0. The lowest BCUT2D eigenvalue weighted by atomic mass is 10.0. The smallest absolute Gasteiger partial charge is 0.305 e. The van der Waals surface area contributed by atoms with Crippen LogP contribution in [0.25, 0.3) is 0 Å². The Balaban J connectivity index is 3.18. The van der Waals surface area contributed by atoms with Crippen LogP contribution in [0.3, 0.4) is 0 Å². The van der Waals surface area contributed by atoms with Gasteiger partial charge in [0.05, 0.1) is 7.11 Å². The fourth-order valence-corrected chi connectivity index (χ4v) is 2.46. The van der Waals surface area contributed by atoms with Gasteiger partial charge in [0.15, 0.2) is 0 Å². The molecule has 1 atom stereocenters. The van der Waals surface area contributed by atoms with Crippen molar-refractivity contribution in [3.05, 3.63) is 0 Å². The maximum Gasteiger partial charge on any atom is 0.305 e. The summed E-state index contributed by atoms with van der Waals surface area (Å²) in [6, 6.07) is 0. The molecule has 0 aromatic heterocycles. The van der Waals surface area contributed by atoms with Crippen molar-refractivity contribution in [3.8, 4) is 0 Å². The van der Waals surface area contributed by atoms with Gasteiger partial charge in [-0.05, 0) is 12.8 Å². The predicted octanol–water partition coefficient (Wildman–Crippen LogP) is 5.47. The Morgan fingerprint density at radius 3 is 2.00 bits per heavy atom. The van der Waals surface area contributed by atoms with E-state index in [1.54, 1.807) is 0 Å². The van der Waals surface area contributed by atoms with Crippen molar-refractivity contribution < 1.29 is 9.53 Å². The van der Waals surface area contributed by atoms with Gasteiger partial charge in [0.2, 0.25) is 0 Å². The fraction of sp³-hybridized carbons (Fsp3) is 0.938. The quantitative estimate of drug-likeness (QED) is 0.255. The number of unbranched alkanes of at least 4 members (excludes halogenated alkanes) is 8. The summed E-state index contributed by atoms with van der Waals surface area (Å²) in [5.74, 6) is -0.155. The molecule has 3 heteroatoms. The van der Waals surface area contributed by atoms with Gasteiger partial charge in [-0.15, -0.1) is 11.6 Å². The van der Waals surface area contributed by atoms with Crippen LogP contribution < -0.4 is 0 Å². The Morgan fingerprint density at radius 2 is 1.47 bits per heavy atom. The lowest BCUT2D eigenvalue weighted by Crippen LogP contribution is -2.05. The van der Waals surface area contributed by atoms with Crippen LogP contribution in [0.2, 0.25) is 0 Å². The molecule has 0 radical (unpaired) electrons. The zero-order chi connectivity index (χ0) is 14.3. The van der Waals surface area contributed by atoms with Crippen LogP contribution in [0.1, 0.15) is 84.0 Å². The second kappa shape index (κ2) is 14.2. The van der Waals surface area contributed by atoms with Gasteiger partial charge in [-0.25, -0.2) is 0 Å². The summed E-state index contributed by atoms with van der Waals surface area (Å²) >= 11 is 6.17. The van der Waals surface area contributed by atoms with Crippen LogP contribution in [0.4, 0.5) is 0 Å². The number of halogens is 1. The third kappa shape index (κ3) is 14.0. The Kier molecular flexibility index (Phi) is 14.0. The molecule has 0 saturated heterocycles. The van der Waals surface area contributed by atoms with Gasteiger partial charge in [0.25, 0.3) is 0 Å². The predicted molar refractivity (Wildman–Crippen MR) is 82.7 cm³/mol. The minimum atomic E-state index is -0.155.